The molecule has 6 heteroatoms. The molecule has 3 rings (SSSR count). The molecule has 142 valence electrons. The average molecular weight is 370 g/mol. The zero-order valence-corrected chi connectivity index (χ0v) is 15.3. The lowest BCUT2D eigenvalue weighted by Gasteiger charge is -2.31. The van der Waals surface area contributed by atoms with E-state index in [1.54, 1.807) is 24.1 Å². The minimum absolute atomic E-state index is 0.0594. The summed E-state index contributed by atoms with van der Waals surface area (Å²) in [4.78, 5) is 26.6. The summed E-state index contributed by atoms with van der Waals surface area (Å²) in [5.74, 6) is 0.147. The van der Waals surface area contributed by atoms with Crippen molar-refractivity contribution < 1.29 is 18.7 Å². The molecule has 0 saturated carbocycles. The fraction of sp³-hybridized carbons (Fsp3) is 0.333. The molecule has 2 amide bonds. The average Bonchev–Trinajstić information content (AvgIpc) is 2.68. The van der Waals surface area contributed by atoms with E-state index >= 15 is 0 Å². The molecule has 1 saturated heterocycles. The molecular weight excluding hydrogens is 347 g/mol. The van der Waals surface area contributed by atoms with Gasteiger partial charge in [0.05, 0.1) is 13.5 Å². The number of hydrogen-bond donors (Lipinski definition) is 1. The number of amides is 2. The molecule has 0 atom stereocenters. The number of hydrogen-bond acceptors (Lipinski definition) is 3. The zero-order chi connectivity index (χ0) is 19.2. The molecule has 1 fully saturated rings. The second-order valence-corrected chi connectivity index (χ2v) is 6.68. The third kappa shape index (κ3) is 5.06. The van der Waals surface area contributed by atoms with E-state index in [4.69, 9.17) is 4.74 Å². The van der Waals surface area contributed by atoms with Crippen molar-refractivity contribution in [3.05, 3.63) is 59.9 Å². The second-order valence-electron chi connectivity index (χ2n) is 6.68. The van der Waals surface area contributed by atoms with E-state index in [1.165, 1.54) is 12.1 Å². The van der Waals surface area contributed by atoms with Crippen molar-refractivity contribution in [2.45, 2.75) is 19.3 Å². The Bertz CT molecular complexity index is 799. The summed E-state index contributed by atoms with van der Waals surface area (Å²) < 4.78 is 18.3. The van der Waals surface area contributed by atoms with Gasteiger partial charge < -0.3 is 15.0 Å². The van der Waals surface area contributed by atoms with Gasteiger partial charge in [0.25, 0.3) is 0 Å². The SMILES string of the molecule is COc1ccc(CC(=O)N2CCC(C(=O)Nc3cccc(F)c3)CC2)cc1. The molecule has 2 aromatic rings. The number of ether oxygens (including phenoxy) is 1. The lowest BCUT2D eigenvalue weighted by molar-refractivity contribution is -0.133. The number of piperidine rings is 1. The molecule has 0 unspecified atom stereocenters. The summed E-state index contributed by atoms with van der Waals surface area (Å²) in [6, 6.07) is 13.3. The molecule has 0 bridgehead atoms. The Labute approximate surface area is 158 Å². The van der Waals surface area contributed by atoms with E-state index in [1.807, 2.05) is 24.3 Å². The fourth-order valence-electron chi connectivity index (χ4n) is 3.23. The van der Waals surface area contributed by atoms with E-state index in [9.17, 15) is 14.0 Å². The fourth-order valence-corrected chi connectivity index (χ4v) is 3.23. The van der Waals surface area contributed by atoms with Crippen molar-refractivity contribution in [2.24, 2.45) is 5.92 Å². The van der Waals surface area contributed by atoms with Crippen molar-refractivity contribution in [2.75, 3.05) is 25.5 Å². The van der Waals surface area contributed by atoms with Gasteiger partial charge in [-0.2, -0.15) is 0 Å². The maximum Gasteiger partial charge on any atom is 0.227 e. The lowest BCUT2D eigenvalue weighted by Crippen LogP contribution is -2.42. The van der Waals surface area contributed by atoms with Gasteiger partial charge in [0, 0.05) is 24.7 Å². The monoisotopic (exact) mass is 370 g/mol. The summed E-state index contributed by atoms with van der Waals surface area (Å²) in [5, 5.41) is 2.75. The van der Waals surface area contributed by atoms with Crippen molar-refractivity contribution in [3.8, 4) is 5.75 Å². The molecule has 1 N–H and O–H groups in total. The molecule has 0 aromatic heterocycles. The summed E-state index contributed by atoms with van der Waals surface area (Å²) in [5.41, 5.74) is 1.39. The number of rotatable bonds is 5. The van der Waals surface area contributed by atoms with Crippen LogP contribution in [0.4, 0.5) is 10.1 Å². The number of halogens is 1. The quantitative estimate of drug-likeness (QED) is 0.879. The van der Waals surface area contributed by atoms with Crippen LogP contribution in [0.25, 0.3) is 0 Å². The third-order valence-electron chi connectivity index (χ3n) is 4.83. The number of anilines is 1. The molecule has 0 spiro atoms. The van der Waals surface area contributed by atoms with Gasteiger partial charge in [-0.15, -0.1) is 0 Å². The molecule has 5 nitrogen and oxygen atoms in total. The molecule has 0 aliphatic carbocycles. The van der Waals surface area contributed by atoms with Gasteiger partial charge in [-0.3, -0.25) is 9.59 Å². The zero-order valence-electron chi connectivity index (χ0n) is 15.3. The Morgan fingerprint density at radius 1 is 1.15 bits per heavy atom. The van der Waals surface area contributed by atoms with Crippen LogP contribution < -0.4 is 10.1 Å². The molecule has 27 heavy (non-hydrogen) atoms. The van der Waals surface area contributed by atoms with Gasteiger partial charge in [-0.25, -0.2) is 4.39 Å². The minimum atomic E-state index is -0.383. The molecule has 1 aliphatic heterocycles. The van der Waals surface area contributed by atoms with Gasteiger partial charge in [0.1, 0.15) is 11.6 Å². The van der Waals surface area contributed by atoms with Crippen LogP contribution in [0.5, 0.6) is 5.75 Å². The predicted molar refractivity (Wildman–Crippen MR) is 101 cm³/mol. The van der Waals surface area contributed by atoms with Crippen molar-refractivity contribution >= 4 is 17.5 Å². The lowest BCUT2D eigenvalue weighted by atomic mass is 9.95. The summed E-state index contributed by atoms with van der Waals surface area (Å²) >= 11 is 0. The van der Waals surface area contributed by atoms with E-state index in [2.05, 4.69) is 5.32 Å². The topological polar surface area (TPSA) is 58.6 Å². The van der Waals surface area contributed by atoms with Crippen LogP contribution in [0.15, 0.2) is 48.5 Å². The predicted octanol–water partition coefficient (Wildman–Crippen LogP) is 3.25. The molecular formula is C21H23FN2O3. The second kappa shape index (κ2) is 8.66. The van der Waals surface area contributed by atoms with Crippen LogP contribution >= 0.6 is 0 Å². The van der Waals surface area contributed by atoms with Crippen LogP contribution in [0.2, 0.25) is 0 Å². The summed E-state index contributed by atoms with van der Waals surface area (Å²) in [6.45, 7) is 1.10. The highest BCUT2D eigenvalue weighted by atomic mass is 19.1. The van der Waals surface area contributed by atoms with Crippen LogP contribution in [-0.4, -0.2) is 36.9 Å². The largest absolute Gasteiger partial charge is 0.497 e. The highest BCUT2D eigenvalue weighted by molar-refractivity contribution is 5.92. The van der Waals surface area contributed by atoms with Crippen LogP contribution in [-0.2, 0) is 16.0 Å². The smallest absolute Gasteiger partial charge is 0.227 e. The first-order valence-corrected chi connectivity index (χ1v) is 9.02. The number of methoxy groups -OCH3 is 1. The molecule has 2 aromatic carbocycles. The van der Waals surface area contributed by atoms with Gasteiger partial charge in [-0.1, -0.05) is 18.2 Å². The highest BCUT2D eigenvalue weighted by Crippen LogP contribution is 2.21. The van der Waals surface area contributed by atoms with Crippen LogP contribution in [0.1, 0.15) is 18.4 Å². The maximum absolute atomic E-state index is 13.2. The molecule has 1 heterocycles. The van der Waals surface area contributed by atoms with Gasteiger partial charge in [-0.05, 0) is 48.7 Å². The maximum atomic E-state index is 13.2. The Balaban J connectivity index is 1.48. The first-order chi connectivity index (χ1) is 13.0. The van der Waals surface area contributed by atoms with Gasteiger partial charge in [0.15, 0.2) is 0 Å². The normalized spacial score (nSPS) is 14.7. The van der Waals surface area contributed by atoms with Gasteiger partial charge >= 0.3 is 0 Å². The van der Waals surface area contributed by atoms with E-state index < -0.39 is 0 Å². The van der Waals surface area contributed by atoms with Gasteiger partial charge in [0.2, 0.25) is 11.8 Å². The highest BCUT2D eigenvalue weighted by Gasteiger charge is 2.27. The van der Waals surface area contributed by atoms with Crippen LogP contribution in [0.3, 0.4) is 0 Å². The molecule has 1 aliphatic rings. The first kappa shape index (κ1) is 18.9. The number of likely N-dealkylation sites (tertiary alicyclic amines) is 1. The summed E-state index contributed by atoms with van der Waals surface area (Å²) in [6.07, 6.45) is 1.55. The van der Waals surface area contributed by atoms with Crippen molar-refractivity contribution in [3.63, 3.8) is 0 Å². The summed E-state index contributed by atoms with van der Waals surface area (Å²) in [7, 11) is 1.61. The Morgan fingerprint density at radius 3 is 2.48 bits per heavy atom. The number of benzene rings is 2. The van der Waals surface area contributed by atoms with E-state index in [0.29, 0.717) is 38.0 Å². The number of carbonyl (C=O) groups excluding carboxylic acids is 2. The Hall–Kier alpha value is -2.89. The Morgan fingerprint density at radius 2 is 1.85 bits per heavy atom. The van der Waals surface area contributed by atoms with E-state index in [0.717, 1.165) is 11.3 Å². The van der Waals surface area contributed by atoms with Crippen molar-refractivity contribution in [1.82, 2.24) is 4.90 Å². The molecule has 0 radical (unpaired) electrons. The first-order valence-electron chi connectivity index (χ1n) is 9.02. The third-order valence-corrected chi connectivity index (χ3v) is 4.83. The van der Waals surface area contributed by atoms with Crippen molar-refractivity contribution in [1.29, 1.82) is 0 Å². The standard InChI is InChI=1S/C21H23FN2O3/c1-27-19-7-5-15(6-8-19)13-20(25)24-11-9-16(10-12-24)21(26)23-18-4-2-3-17(22)14-18/h2-8,14,16H,9-13H2,1H3,(H,23,26). The number of nitrogens with one attached hydrogen (secondary N) is 1. The number of nitrogens with zero attached hydrogens (tertiary/aromatic N) is 1. The Kier molecular flexibility index (Phi) is 6.06. The minimum Gasteiger partial charge on any atom is -0.497 e. The number of carbonyl (C=O) groups is 2. The van der Waals surface area contributed by atoms with E-state index in [-0.39, 0.29) is 23.5 Å². The van der Waals surface area contributed by atoms with Crippen LogP contribution in [0, 0.1) is 11.7 Å².